The van der Waals surface area contributed by atoms with E-state index in [9.17, 15) is 14.4 Å². The average Bonchev–Trinajstić information content (AvgIpc) is 2.85. The van der Waals surface area contributed by atoms with Crippen LogP contribution in [0.2, 0.25) is 0 Å². The number of carbonyl (C=O) groups excluding carboxylic acids is 3. The number of piperidine rings is 1. The summed E-state index contributed by atoms with van der Waals surface area (Å²) in [5, 5.41) is 5.85. The topological polar surface area (TPSA) is 87.7 Å². The van der Waals surface area contributed by atoms with E-state index < -0.39 is 6.04 Å². The molecule has 1 atom stereocenters. The summed E-state index contributed by atoms with van der Waals surface area (Å²) < 4.78 is 5.90. The van der Waals surface area contributed by atoms with Crippen LogP contribution in [0.25, 0.3) is 0 Å². The Hall–Kier alpha value is -2.71. The Bertz CT molecular complexity index is 946. The maximum atomic E-state index is 13.0. The van der Waals surface area contributed by atoms with Gasteiger partial charge in [0.1, 0.15) is 6.04 Å². The Labute approximate surface area is 203 Å². The molecule has 1 saturated heterocycles. The summed E-state index contributed by atoms with van der Waals surface area (Å²) in [5.74, 6) is -0.567. The number of amides is 3. The number of nitrogens with one attached hydrogen (secondary N) is 2. The van der Waals surface area contributed by atoms with E-state index in [0.717, 1.165) is 4.47 Å². The van der Waals surface area contributed by atoms with Crippen LogP contribution >= 0.6 is 15.9 Å². The highest BCUT2D eigenvalue weighted by molar-refractivity contribution is 9.10. The van der Waals surface area contributed by atoms with Gasteiger partial charge in [-0.3, -0.25) is 14.4 Å². The van der Waals surface area contributed by atoms with Gasteiger partial charge in [-0.05, 0) is 55.5 Å². The predicted octanol–water partition coefficient (Wildman–Crippen LogP) is 3.25. The molecule has 1 aliphatic heterocycles. The van der Waals surface area contributed by atoms with E-state index in [0.29, 0.717) is 56.6 Å². The SMILES string of the molecule is COCCCNC(=O)[C@@H](NC(=O)c1ccccc1)C1CCN(C(=O)c2cccc(Br)c2)CC1. The number of hydrogen-bond acceptors (Lipinski definition) is 4. The largest absolute Gasteiger partial charge is 0.385 e. The standard InChI is InChI=1S/C25H30BrN3O4/c1-33-16-6-13-27-24(31)22(28-23(30)19-7-3-2-4-8-19)18-11-14-29(15-12-18)25(32)20-9-5-10-21(26)17-20/h2-5,7-10,17-18,22H,6,11-16H2,1H3,(H,27,31)(H,28,30)/t22-/m0/s1. The molecule has 0 aliphatic carbocycles. The van der Waals surface area contributed by atoms with E-state index in [2.05, 4.69) is 26.6 Å². The van der Waals surface area contributed by atoms with Gasteiger partial charge < -0.3 is 20.3 Å². The molecule has 2 N–H and O–H groups in total. The Kier molecular flexibility index (Phi) is 9.45. The normalized spacial score (nSPS) is 15.0. The number of benzene rings is 2. The number of methoxy groups -OCH3 is 1. The summed E-state index contributed by atoms with van der Waals surface area (Å²) in [6, 6.07) is 15.5. The number of rotatable bonds is 9. The zero-order valence-corrected chi connectivity index (χ0v) is 20.3. The Morgan fingerprint density at radius 2 is 1.76 bits per heavy atom. The fraction of sp³-hybridized carbons (Fsp3) is 0.400. The Morgan fingerprint density at radius 3 is 2.42 bits per heavy atom. The lowest BCUT2D eigenvalue weighted by Crippen LogP contribution is -2.54. The van der Waals surface area contributed by atoms with Crippen LogP contribution < -0.4 is 10.6 Å². The van der Waals surface area contributed by atoms with Crippen LogP contribution in [0.1, 0.15) is 40.0 Å². The van der Waals surface area contributed by atoms with Crippen molar-refractivity contribution in [2.75, 3.05) is 33.4 Å². The molecule has 33 heavy (non-hydrogen) atoms. The zero-order chi connectivity index (χ0) is 23.6. The zero-order valence-electron chi connectivity index (χ0n) is 18.8. The number of hydrogen-bond donors (Lipinski definition) is 2. The second kappa shape index (κ2) is 12.5. The van der Waals surface area contributed by atoms with Gasteiger partial charge in [0.15, 0.2) is 0 Å². The van der Waals surface area contributed by atoms with Crippen molar-refractivity contribution in [1.29, 1.82) is 0 Å². The summed E-state index contributed by atoms with van der Waals surface area (Å²) in [6.45, 7) is 2.09. The molecule has 2 aromatic carbocycles. The molecule has 2 aromatic rings. The maximum Gasteiger partial charge on any atom is 0.253 e. The molecule has 0 aromatic heterocycles. The van der Waals surface area contributed by atoms with Crippen molar-refractivity contribution >= 4 is 33.7 Å². The first-order chi connectivity index (χ1) is 16.0. The molecule has 0 unspecified atom stereocenters. The van der Waals surface area contributed by atoms with Gasteiger partial charge in [-0.2, -0.15) is 0 Å². The minimum absolute atomic E-state index is 0.0244. The first kappa shape index (κ1) is 24.9. The van der Waals surface area contributed by atoms with Gasteiger partial charge in [-0.1, -0.05) is 40.2 Å². The third-order valence-corrected chi connectivity index (χ3v) is 6.29. The van der Waals surface area contributed by atoms with E-state index in [1.54, 1.807) is 37.4 Å². The van der Waals surface area contributed by atoms with Gasteiger partial charge in [0, 0.05) is 49.0 Å². The van der Waals surface area contributed by atoms with Crippen LogP contribution in [0, 0.1) is 5.92 Å². The Balaban J connectivity index is 1.65. The van der Waals surface area contributed by atoms with Crippen molar-refractivity contribution < 1.29 is 19.1 Å². The monoisotopic (exact) mass is 515 g/mol. The molecule has 3 amide bonds. The summed E-state index contributed by atoms with van der Waals surface area (Å²) in [5.41, 5.74) is 1.14. The second-order valence-electron chi connectivity index (χ2n) is 8.09. The molecule has 1 heterocycles. The van der Waals surface area contributed by atoms with Crippen molar-refractivity contribution in [3.05, 3.63) is 70.2 Å². The molecular formula is C25H30BrN3O4. The fourth-order valence-corrected chi connectivity index (χ4v) is 4.39. The van der Waals surface area contributed by atoms with Gasteiger partial charge in [-0.25, -0.2) is 0 Å². The molecule has 7 nitrogen and oxygen atoms in total. The molecule has 0 spiro atoms. The number of carbonyl (C=O) groups is 3. The highest BCUT2D eigenvalue weighted by Crippen LogP contribution is 2.24. The van der Waals surface area contributed by atoms with Gasteiger partial charge in [0.25, 0.3) is 11.8 Å². The first-order valence-electron chi connectivity index (χ1n) is 11.2. The van der Waals surface area contributed by atoms with Crippen LogP contribution in [0.5, 0.6) is 0 Å². The predicted molar refractivity (Wildman–Crippen MR) is 130 cm³/mol. The molecular weight excluding hydrogens is 486 g/mol. The number of ether oxygens (including phenoxy) is 1. The molecule has 1 aliphatic rings. The van der Waals surface area contributed by atoms with Gasteiger partial charge in [0.2, 0.25) is 5.91 Å². The van der Waals surface area contributed by atoms with Crippen LogP contribution in [-0.4, -0.2) is 62.0 Å². The molecule has 3 rings (SSSR count). The van der Waals surface area contributed by atoms with Crippen molar-refractivity contribution in [1.82, 2.24) is 15.5 Å². The van der Waals surface area contributed by atoms with Crippen LogP contribution in [0.15, 0.2) is 59.1 Å². The lowest BCUT2D eigenvalue weighted by atomic mass is 9.88. The first-order valence-corrected chi connectivity index (χ1v) is 12.0. The summed E-state index contributed by atoms with van der Waals surface area (Å²) in [7, 11) is 1.62. The molecule has 8 heteroatoms. The minimum Gasteiger partial charge on any atom is -0.385 e. The van der Waals surface area contributed by atoms with Crippen molar-refractivity contribution in [2.45, 2.75) is 25.3 Å². The van der Waals surface area contributed by atoms with Crippen LogP contribution in [0.3, 0.4) is 0 Å². The van der Waals surface area contributed by atoms with Crippen LogP contribution in [0.4, 0.5) is 0 Å². The lowest BCUT2D eigenvalue weighted by Gasteiger charge is -2.36. The van der Waals surface area contributed by atoms with Crippen molar-refractivity contribution in [3.63, 3.8) is 0 Å². The molecule has 176 valence electrons. The number of nitrogens with zero attached hydrogens (tertiary/aromatic N) is 1. The van der Waals surface area contributed by atoms with E-state index in [-0.39, 0.29) is 23.6 Å². The molecule has 0 bridgehead atoms. The third-order valence-electron chi connectivity index (χ3n) is 5.80. The number of likely N-dealkylation sites (tertiary alicyclic amines) is 1. The molecule has 0 saturated carbocycles. The summed E-state index contributed by atoms with van der Waals surface area (Å²) >= 11 is 3.41. The van der Waals surface area contributed by atoms with E-state index >= 15 is 0 Å². The van der Waals surface area contributed by atoms with Crippen molar-refractivity contribution in [2.24, 2.45) is 5.92 Å². The van der Waals surface area contributed by atoms with Gasteiger partial charge in [0.05, 0.1) is 0 Å². The van der Waals surface area contributed by atoms with E-state index in [1.807, 2.05) is 29.2 Å². The van der Waals surface area contributed by atoms with Crippen LogP contribution in [-0.2, 0) is 9.53 Å². The minimum atomic E-state index is -0.664. The second-order valence-corrected chi connectivity index (χ2v) is 9.01. The lowest BCUT2D eigenvalue weighted by molar-refractivity contribution is -0.124. The van der Waals surface area contributed by atoms with Gasteiger partial charge in [-0.15, -0.1) is 0 Å². The summed E-state index contributed by atoms with van der Waals surface area (Å²) in [6.07, 6.45) is 1.96. The quantitative estimate of drug-likeness (QED) is 0.501. The fourth-order valence-electron chi connectivity index (χ4n) is 3.99. The molecule has 1 fully saturated rings. The highest BCUT2D eigenvalue weighted by atomic mass is 79.9. The van der Waals surface area contributed by atoms with E-state index in [4.69, 9.17) is 4.74 Å². The highest BCUT2D eigenvalue weighted by Gasteiger charge is 2.34. The summed E-state index contributed by atoms with van der Waals surface area (Å²) in [4.78, 5) is 40.5. The molecule has 0 radical (unpaired) electrons. The Morgan fingerprint density at radius 1 is 1.06 bits per heavy atom. The smallest absolute Gasteiger partial charge is 0.253 e. The average molecular weight is 516 g/mol. The van der Waals surface area contributed by atoms with E-state index in [1.165, 1.54) is 0 Å². The van der Waals surface area contributed by atoms with Gasteiger partial charge >= 0.3 is 0 Å². The maximum absolute atomic E-state index is 13.0. The number of halogens is 1. The van der Waals surface area contributed by atoms with Crippen molar-refractivity contribution in [3.8, 4) is 0 Å². The third kappa shape index (κ3) is 7.14.